The van der Waals surface area contributed by atoms with Crippen LogP contribution in [0.5, 0.6) is 5.75 Å². The molecule has 0 aliphatic heterocycles. The Morgan fingerprint density at radius 1 is 1.44 bits per heavy atom. The third-order valence-electron chi connectivity index (χ3n) is 1.98. The second-order valence-electron chi connectivity index (χ2n) is 4.53. The van der Waals surface area contributed by atoms with Crippen molar-refractivity contribution in [2.75, 3.05) is 0 Å². The first-order valence-corrected chi connectivity index (χ1v) is 6.41. The van der Waals surface area contributed by atoms with Crippen LogP contribution in [-0.2, 0) is 10.1 Å². The Kier molecular flexibility index (Phi) is 4.39. The fraction of sp³-hybridized carbons (Fsp3) is 0.417. The molecule has 1 aromatic rings. The summed E-state index contributed by atoms with van der Waals surface area (Å²) in [6, 6.07) is 5.18. The molecule has 0 atom stereocenters. The molecule has 0 aliphatic rings. The van der Waals surface area contributed by atoms with Gasteiger partial charge in [0.25, 0.3) is 0 Å². The van der Waals surface area contributed by atoms with Gasteiger partial charge >= 0.3 is 5.97 Å². The molecule has 16 heavy (non-hydrogen) atoms. The average Bonchev–Trinajstić information content (AvgIpc) is 2.19. The number of carbonyl (C=O) groups excluding carboxylic acids is 1. The van der Waals surface area contributed by atoms with E-state index in [1.165, 1.54) is 0 Å². The van der Waals surface area contributed by atoms with Crippen LogP contribution in [-0.4, -0.2) is 5.97 Å². The van der Waals surface area contributed by atoms with E-state index < -0.39 is 5.41 Å². The Hall–Kier alpha value is -0.540. The highest BCUT2D eigenvalue weighted by Gasteiger charge is 2.23. The molecule has 88 valence electrons. The van der Waals surface area contributed by atoms with Crippen LogP contribution in [0, 0.1) is 5.41 Å². The molecular weight excluding hydrogens is 291 g/mol. The van der Waals surface area contributed by atoms with Crippen molar-refractivity contribution in [1.82, 2.24) is 0 Å². The van der Waals surface area contributed by atoms with Gasteiger partial charge in [0.15, 0.2) is 0 Å². The van der Waals surface area contributed by atoms with Gasteiger partial charge in [-0.15, -0.1) is 0 Å². The quantitative estimate of drug-likeness (QED) is 0.465. The predicted molar refractivity (Wildman–Crippen MR) is 69.2 cm³/mol. The summed E-state index contributed by atoms with van der Waals surface area (Å²) in [6.07, 6.45) is 0. The van der Waals surface area contributed by atoms with Crippen LogP contribution in [0.2, 0.25) is 5.02 Å². The maximum absolute atomic E-state index is 11.7. The Balaban J connectivity index is 2.87. The highest BCUT2D eigenvalue weighted by Crippen LogP contribution is 2.26. The Bertz CT molecular complexity index is 396. The molecule has 0 amide bonds. The van der Waals surface area contributed by atoms with Gasteiger partial charge in [-0.2, -0.15) is 0 Å². The zero-order chi connectivity index (χ0) is 12.3. The van der Waals surface area contributed by atoms with Gasteiger partial charge in [0.05, 0.1) is 5.41 Å². The van der Waals surface area contributed by atoms with Crippen molar-refractivity contribution < 1.29 is 9.53 Å². The van der Waals surface area contributed by atoms with Crippen molar-refractivity contribution >= 4 is 33.5 Å². The maximum atomic E-state index is 11.7. The van der Waals surface area contributed by atoms with E-state index in [9.17, 15) is 4.79 Å². The van der Waals surface area contributed by atoms with E-state index in [1.807, 2.05) is 20.8 Å². The van der Waals surface area contributed by atoms with E-state index in [1.54, 1.807) is 18.2 Å². The molecule has 0 N–H and O–H groups in total. The van der Waals surface area contributed by atoms with E-state index in [0.29, 0.717) is 16.1 Å². The van der Waals surface area contributed by atoms with Crippen LogP contribution < -0.4 is 4.74 Å². The smallest absolute Gasteiger partial charge is 0.316 e. The molecule has 0 bridgehead atoms. The Morgan fingerprint density at radius 2 is 2.06 bits per heavy atom. The van der Waals surface area contributed by atoms with Crippen molar-refractivity contribution in [3.63, 3.8) is 0 Å². The van der Waals surface area contributed by atoms with Crippen molar-refractivity contribution in [3.8, 4) is 5.75 Å². The van der Waals surface area contributed by atoms with Gasteiger partial charge in [-0.1, -0.05) is 27.5 Å². The predicted octanol–water partition coefficient (Wildman–Crippen LogP) is 4.19. The summed E-state index contributed by atoms with van der Waals surface area (Å²) < 4.78 is 5.26. The lowest BCUT2D eigenvalue weighted by Crippen LogP contribution is -2.25. The molecule has 0 radical (unpaired) electrons. The van der Waals surface area contributed by atoms with E-state index in [-0.39, 0.29) is 5.97 Å². The number of alkyl halides is 1. The number of benzene rings is 1. The number of ether oxygens (including phenoxy) is 1. The van der Waals surface area contributed by atoms with Crippen LogP contribution >= 0.6 is 27.5 Å². The topological polar surface area (TPSA) is 26.3 Å². The summed E-state index contributed by atoms with van der Waals surface area (Å²) in [6.45, 7) is 5.45. The summed E-state index contributed by atoms with van der Waals surface area (Å²) in [5.41, 5.74) is 0.398. The number of hydrogen-bond donors (Lipinski definition) is 0. The minimum absolute atomic E-state index is 0.254. The minimum Gasteiger partial charge on any atom is -0.426 e. The number of hydrogen-bond acceptors (Lipinski definition) is 2. The van der Waals surface area contributed by atoms with Crippen LogP contribution in [0.4, 0.5) is 0 Å². The van der Waals surface area contributed by atoms with Crippen LogP contribution in [0.25, 0.3) is 0 Å². The Labute approximate surface area is 109 Å². The van der Waals surface area contributed by atoms with E-state index >= 15 is 0 Å². The minimum atomic E-state index is -0.506. The summed E-state index contributed by atoms with van der Waals surface area (Å²) in [5, 5.41) is 1.29. The zero-order valence-corrected chi connectivity index (χ0v) is 11.9. The molecule has 0 unspecified atom stereocenters. The molecule has 1 rings (SSSR count). The first-order chi connectivity index (χ1) is 7.34. The van der Waals surface area contributed by atoms with Crippen molar-refractivity contribution in [1.29, 1.82) is 0 Å². The summed E-state index contributed by atoms with van der Waals surface area (Å²) >= 11 is 9.28. The molecule has 0 saturated heterocycles. The van der Waals surface area contributed by atoms with Crippen LogP contribution in [0.1, 0.15) is 26.3 Å². The SMILES string of the molecule is CC(C)(C)C(=O)Oc1ccc(Cl)c(CBr)c1. The normalized spacial score (nSPS) is 11.3. The van der Waals surface area contributed by atoms with Gasteiger partial charge in [0.1, 0.15) is 5.75 Å². The molecule has 0 saturated carbocycles. The lowest BCUT2D eigenvalue weighted by Gasteiger charge is -2.16. The number of carbonyl (C=O) groups is 1. The number of rotatable bonds is 2. The summed E-state index contributed by atoms with van der Waals surface area (Å²) in [4.78, 5) is 11.7. The first-order valence-electron chi connectivity index (χ1n) is 4.91. The third-order valence-corrected chi connectivity index (χ3v) is 2.96. The lowest BCUT2D eigenvalue weighted by atomic mass is 9.97. The molecule has 0 aromatic heterocycles. The first kappa shape index (κ1) is 13.5. The largest absolute Gasteiger partial charge is 0.426 e. The Morgan fingerprint density at radius 3 is 2.56 bits per heavy atom. The molecule has 2 nitrogen and oxygen atoms in total. The molecule has 0 aliphatic carbocycles. The van der Waals surface area contributed by atoms with Gasteiger partial charge in [-0.05, 0) is 44.5 Å². The van der Waals surface area contributed by atoms with Crippen LogP contribution in [0.15, 0.2) is 18.2 Å². The standard InChI is InChI=1S/C12H14BrClO2/c1-12(2,3)11(15)16-9-4-5-10(14)8(6-9)7-13/h4-6H,7H2,1-3H3. The molecule has 0 spiro atoms. The fourth-order valence-electron chi connectivity index (χ4n) is 0.977. The van der Waals surface area contributed by atoms with Gasteiger partial charge < -0.3 is 4.74 Å². The van der Waals surface area contributed by atoms with E-state index in [4.69, 9.17) is 16.3 Å². The van der Waals surface area contributed by atoms with Gasteiger partial charge in [0, 0.05) is 10.4 Å². The van der Waals surface area contributed by atoms with Gasteiger partial charge in [-0.3, -0.25) is 4.79 Å². The highest BCUT2D eigenvalue weighted by molar-refractivity contribution is 9.08. The van der Waals surface area contributed by atoms with Crippen molar-refractivity contribution in [2.45, 2.75) is 26.1 Å². The lowest BCUT2D eigenvalue weighted by molar-refractivity contribution is -0.142. The molecule has 0 fully saturated rings. The second-order valence-corrected chi connectivity index (χ2v) is 5.49. The van der Waals surface area contributed by atoms with E-state index in [2.05, 4.69) is 15.9 Å². The maximum Gasteiger partial charge on any atom is 0.316 e. The third kappa shape index (κ3) is 3.49. The molecule has 1 aromatic carbocycles. The molecule has 4 heteroatoms. The summed E-state index contributed by atoms with van der Waals surface area (Å²) in [7, 11) is 0. The number of esters is 1. The summed E-state index contributed by atoms with van der Waals surface area (Å²) in [5.74, 6) is 0.272. The number of halogens is 2. The zero-order valence-electron chi connectivity index (χ0n) is 9.51. The van der Waals surface area contributed by atoms with Crippen LogP contribution in [0.3, 0.4) is 0 Å². The fourth-order valence-corrected chi connectivity index (χ4v) is 1.79. The van der Waals surface area contributed by atoms with Crippen molar-refractivity contribution in [2.24, 2.45) is 5.41 Å². The highest BCUT2D eigenvalue weighted by atomic mass is 79.9. The van der Waals surface area contributed by atoms with Gasteiger partial charge in [0.2, 0.25) is 0 Å². The second kappa shape index (κ2) is 5.19. The average molecular weight is 306 g/mol. The van der Waals surface area contributed by atoms with Crippen molar-refractivity contribution in [3.05, 3.63) is 28.8 Å². The van der Waals surface area contributed by atoms with E-state index in [0.717, 1.165) is 5.56 Å². The van der Waals surface area contributed by atoms with Gasteiger partial charge in [-0.25, -0.2) is 0 Å². The molecule has 0 heterocycles. The monoisotopic (exact) mass is 304 g/mol. The molecular formula is C12H14BrClO2.